The van der Waals surface area contributed by atoms with Crippen molar-refractivity contribution >= 4 is 40.9 Å². The van der Waals surface area contributed by atoms with Crippen molar-refractivity contribution in [2.24, 2.45) is 0 Å². The smallest absolute Gasteiger partial charge is 0.151 e. The van der Waals surface area contributed by atoms with Crippen molar-refractivity contribution in [1.82, 2.24) is 39.5 Å². The molecule has 0 aromatic carbocycles. The summed E-state index contributed by atoms with van der Waals surface area (Å²) in [4.78, 5) is 16.6. The van der Waals surface area contributed by atoms with Gasteiger partial charge in [-0.05, 0) is 47.6 Å². The number of aromatic nitrogens is 8. The molecule has 0 radical (unpaired) electrons. The molecule has 0 amide bonds. The second-order valence-electron chi connectivity index (χ2n) is 9.61. The molecule has 0 aliphatic carbocycles. The van der Waals surface area contributed by atoms with Gasteiger partial charge in [0.2, 0.25) is 0 Å². The van der Waals surface area contributed by atoms with Gasteiger partial charge in [0.15, 0.2) is 11.6 Å². The van der Waals surface area contributed by atoms with Crippen LogP contribution in [0.3, 0.4) is 0 Å². The predicted molar refractivity (Wildman–Crippen MR) is 140 cm³/mol. The van der Waals surface area contributed by atoms with Gasteiger partial charge in [-0.25, -0.2) is 19.3 Å². The summed E-state index contributed by atoms with van der Waals surface area (Å²) in [7, 11) is 0. The van der Waals surface area contributed by atoms with E-state index in [-0.39, 0.29) is 11.1 Å². The number of hydrogen-bond acceptors (Lipinski definition) is 8. The van der Waals surface area contributed by atoms with Crippen molar-refractivity contribution in [1.29, 1.82) is 0 Å². The Labute approximate surface area is 210 Å². The van der Waals surface area contributed by atoms with Crippen LogP contribution >= 0.6 is 11.6 Å². The maximum atomic E-state index is 5.78. The summed E-state index contributed by atoms with van der Waals surface area (Å²) in [6.07, 6.45) is 11.6. The molecular formula is C24H31ClN10. The van der Waals surface area contributed by atoms with E-state index in [0.29, 0.717) is 16.8 Å². The Hall–Kier alpha value is -3.79. The van der Waals surface area contributed by atoms with Crippen LogP contribution in [0.5, 0.6) is 0 Å². The zero-order chi connectivity index (χ0) is 25.6. The van der Waals surface area contributed by atoms with Gasteiger partial charge in [-0.2, -0.15) is 10.2 Å². The fourth-order valence-electron chi connectivity index (χ4n) is 3.07. The van der Waals surface area contributed by atoms with Crippen molar-refractivity contribution in [2.45, 2.75) is 52.6 Å². The van der Waals surface area contributed by atoms with E-state index in [9.17, 15) is 0 Å². The minimum atomic E-state index is -0.0994. The highest BCUT2D eigenvalue weighted by Crippen LogP contribution is 2.23. The molecule has 0 aliphatic heterocycles. The maximum absolute atomic E-state index is 5.78. The number of nitrogens with zero attached hydrogens (tertiary/aromatic N) is 8. The summed E-state index contributed by atoms with van der Waals surface area (Å²) < 4.78 is 3.80. The minimum absolute atomic E-state index is 0.0880. The van der Waals surface area contributed by atoms with Gasteiger partial charge >= 0.3 is 0 Å². The molecule has 4 aromatic heterocycles. The highest BCUT2D eigenvalue weighted by atomic mass is 35.5. The second-order valence-corrected chi connectivity index (χ2v) is 10.00. The lowest BCUT2D eigenvalue weighted by molar-refractivity contribution is 0.361. The van der Waals surface area contributed by atoms with Gasteiger partial charge in [-0.1, -0.05) is 18.2 Å². The van der Waals surface area contributed by atoms with E-state index in [0.717, 1.165) is 17.3 Å². The van der Waals surface area contributed by atoms with Crippen LogP contribution in [-0.4, -0.2) is 39.5 Å². The average molecular weight is 495 g/mol. The average Bonchev–Trinajstić information content (AvgIpc) is 3.44. The third-order valence-electron chi connectivity index (χ3n) is 4.54. The molecule has 2 N–H and O–H groups in total. The SMILES string of the molecule is C=Cc1cncc(Nc2ccnn2C(C)(C)C)n1.CC(C)(C)n1nccc1Nc1cncc(Cl)n1. The molecular weight excluding hydrogens is 464 g/mol. The van der Waals surface area contributed by atoms with Gasteiger partial charge in [0.1, 0.15) is 16.8 Å². The Morgan fingerprint density at radius 1 is 0.771 bits per heavy atom. The Kier molecular flexibility index (Phi) is 7.85. The Bertz CT molecular complexity index is 1260. The van der Waals surface area contributed by atoms with Crippen LogP contribution in [0, 0.1) is 0 Å². The van der Waals surface area contributed by atoms with Crippen LogP contribution in [0.2, 0.25) is 5.15 Å². The summed E-state index contributed by atoms with van der Waals surface area (Å²) >= 11 is 5.78. The van der Waals surface area contributed by atoms with Gasteiger partial charge in [-0.15, -0.1) is 0 Å². The lowest BCUT2D eigenvalue weighted by Gasteiger charge is -2.22. The lowest BCUT2D eigenvalue weighted by atomic mass is 10.1. The summed E-state index contributed by atoms with van der Waals surface area (Å²) in [6, 6.07) is 3.79. The van der Waals surface area contributed by atoms with E-state index >= 15 is 0 Å². The monoisotopic (exact) mass is 494 g/mol. The quantitative estimate of drug-likeness (QED) is 0.366. The molecule has 0 atom stereocenters. The van der Waals surface area contributed by atoms with Crippen molar-refractivity contribution in [3.05, 3.63) is 66.7 Å². The van der Waals surface area contributed by atoms with E-state index in [1.807, 2.05) is 21.5 Å². The fourth-order valence-corrected chi connectivity index (χ4v) is 3.22. The van der Waals surface area contributed by atoms with Crippen LogP contribution in [0.25, 0.3) is 6.08 Å². The summed E-state index contributed by atoms with van der Waals surface area (Å²) in [5.41, 5.74) is 0.550. The van der Waals surface area contributed by atoms with Crippen LogP contribution < -0.4 is 10.6 Å². The Balaban J connectivity index is 0.000000196. The maximum Gasteiger partial charge on any atom is 0.151 e. The van der Waals surface area contributed by atoms with E-state index in [1.54, 1.807) is 37.1 Å². The molecule has 0 saturated carbocycles. The first-order chi connectivity index (χ1) is 16.5. The normalized spacial score (nSPS) is 11.4. The van der Waals surface area contributed by atoms with Crippen LogP contribution in [-0.2, 0) is 11.1 Å². The molecule has 11 heteroatoms. The molecule has 0 saturated heterocycles. The largest absolute Gasteiger partial charge is 0.324 e. The molecule has 10 nitrogen and oxygen atoms in total. The molecule has 4 aromatic rings. The third-order valence-corrected chi connectivity index (χ3v) is 4.72. The van der Waals surface area contributed by atoms with E-state index < -0.39 is 0 Å². The van der Waals surface area contributed by atoms with Gasteiger partial charge in [0.05, 0.1) is 54.0 Å². The van der Waals surface area contributed by atoms with Crippen LogP contribution in [0.15, 0.2) is 55.9 Å². The lowest BCUT2D eigenvalue weighted by Crippen LogP contribution is -2.24. The predicted octanol–water partition coefficient (Wildman–Crippen LogP) is 5.64. The van der Waals surface area contributed by atoms with Gasteiger partial charge < -0.3 is 10.6 Å². The first kappa shape index (κ1) is 25.8. The van der Waals surface area contributed by atoms with Crippen LogP contribution in [0.1, 0.15) is 47.2 Å². The molecule has 4 heterocycles. The number of rotatable bonds is 5. The highest BCUT2D eigenvalue weighted by molar-refractivity contribution is 6.29. The van der Waals surface area contributed by atoms with E-state index in [2.05, 4.69) is 88.9 Å². The van der Waals surface area contributed by atoms with Gasteiger partial charge in [-0.3, -0.25) is 9.97 Å². The van der Waals surface area contributed by atoms with E-state index in [1.165, 1.54) is 6.20 Å². The minimum Gasteiger partial charge on any atom is -0.324 e. The molecule has 0 bridgehead atoms. The molecule has 0 spiro atoms. The van der Waals surface area contributed by atoms with Crippen molar-refractivity contribution in [2.75, 3.05) is 10.6 Å². The van der Waals surface area contributed by atoms with Gasteiger partial charge in [0, 0.05) is 12.1 Å². The topological polar surface area (TPSA) is 111 Å². The first-order valence-corrected chi connectivity index (χ1v) is 11.4. The zero-order valence-electron chi connectivity index (χ0n) is 20.9. The molecule has 184 valence electrons. The fraction of sp³-hybridized carbons (Fsp3) is 0.333. The van der Waals surface area contributed by atoms with Crippen molar-refractivity contribution in [3.8, 4) is 0 Å². The van der Waals surface area contributed by atoms with E-state index in [4.69, 9.17) is 11.6 Å². The Morgan fingerprint density at radius 2 is 1.26 bits per heavy atom. The van der Waals surface area contributed by atoms with Gasteiger partial charge in [0.25, 0.3) is 0 Å². The first-order valence-electron chi connectivity index (χ1n) is 11.0. The summed E-state index contributed by atoms with van der Waals surface area (Å²) in [5, 5.41) is 15.3. The standard InChI is InChI=1S/C13H17N5.C11H14ClN5/c1-5-10-8-14-9-11(16-10)17-12-6-7-15-18(12)13(2,3)4;1-11(2,3)17-10(4-5-14-17)16-9-7-13-6-8(12)15-9/h5-9H,1H2,2-4H3,(H,16,17);4-7H,1-3H3,(H,15,16). The highest BCUT2D eigenvalue weighted by Gasteiger charge is 2.18. The summed E-state index contributed by atoms with van der Waals surface area (Å²) in [6.45, 7) is 16.2. The molecule has 35 heavy (non-hydrogen) atoms. The number of hydrogen-bond donors (Lipinski definition) is 2. The summed E-state index contributed by atoms with van der Waals surface area (Å²) in [5.74, 6) is 3.02. The molecule has 4 rings (SSSR count). The van der Waals surface area contributed by atoms with Crippen molar-refractivity contribution in [3.63, 3.8) is 0 Å². The molecule has 0 aliphatic rings. The van der Waals surface area contributed by atoms with Crippen LogP contribution in [0.4, 0.5) is 23.3 Å². The zero-order valence-corrected chi connectivity index (χ0v) is 21.6. The third kappa shape index (κ3) is 7.10. The number of halogens is 1. The molecule has 0 fully saturated rings. The Morgan fingerprint density at radius 3 is 1.71 bits per heavy atom. The second kappa shape index (κ2) is 10.6. The van der Waals surface area contributed by atoms with Crippen molar-refractivity contribution < 1.29 is 0 Å². The number of anilines is 4. The molecule has 0 unspecified atom stereocenters. The number of nitrogens with one attached hydrogen (secondary N) is 2.